The summed E-state index contributed by atoms with van der Waals surface area (Å²) in [6.45, 7) is 7.79. The van der Waals surface area contributed by atoms with Gasteiger partial charge in [0.05, 0.1) is 12.2 Å². The van der Waals surface area contributed by atoms with Crippen molar-refractivity contribution >= 4 is 34.7 Å². The number of carbonyl (C=O) groups excluding carboxylic acids is 3. The molecule has 2 amide bonds. The van der Waals surface area contributed by atoms with Crippen LogP contribution in [0.25, 0.3) is 0 Å². The Hall–Kier alpha value is -3.20. The molecule has 0 aliphatic carbocycles. The number of fused-ring (bicyclic) bond motifs is 1. The number of benzene rings is 1. The molecule has 2 aliphatic heterocycles. The third-order valence-electron chi connectivity index (χ3n) is 5.90. The molecule has 1 N–H and O–H groups in total. The monoisotopic (exact) mass is 494 g/mol. The summed E-state index contributed by atoms with van der Waals surface area (Å²) in [4.78, 5) is 48.8. The number of nitrogens with one attached hydrogen (secondary N) is 1. The lowest BCUT2D eigenvalue weighted by Gasteiger charge is -2.34. The molecule has 8 nitrogen and oxygen atoms in total. The van der Waals surface area contributed by atoms with E-state index in [2.05, 4.69) is 10.3 Å². The van der Waals surface area contributed by atoms with E-state index in [4.69, 9.17) is 9.73 Å². The molecule has 0 saturated carbocycles. The lowest BCUT2D eigenvalue weighted by molar-refractivity contribution is -0.116. The van der Waals surface area contributed by atoms with Crippen LogP contribution >= 0.6 is 11.8 Å². The molecule has 1 aromatic heterocycles. The number of hydrogen-bond acceptors (Lipinski definition) is 7. The molecule has 0 bridgehead atoms. The van der Waals surface area contributed by atoms with Crippen LogP contribution in [-0.4, -0.2) is 57.3 Å². The van der Waals surface area contributed by atoms with Crippen LogP contribution in [0.2, 0.25) is 0 Å². The van der Waals surface area contributed by atoms with Gasteiger partial charge in [0.2, 0.25) is 0 Å². The van der Waals surface area contributed by atoms with E-state index in [1.165, 1.54) is 11.8 Å². The summed E-state index contributed by atoms with van der Waals surface area (Å²) >= 11 is 1.45. The number of rotatable bonds is 4. The van der Waals surface area contributed by atoms with E-state index in [1.54, 1.807) is 30.2 Å². The Bertz CT molecular complexity index is 1160. The summed E-state index contributed by atoms with van der Waals surface area (Å²) in [5, 5.41) is 3.41. The van der Waals surface area contributed by atoms with Crippen molar-refractivity contribution < 1.29 is 19.1 Å². The highest BCUT2D eigenvalue weighted by Crippen LogP contribution is 2.45. The first kappa shape index (κ1) is 24.9. The van der Waals surface area contributed by atoms with Gasteiger partial charge in [0.1, 0.15) is 16.9 Å². The SMILES string of the molecule is CC(=O)Cc1ccnc([C@]23CN(C(=O)OC(C)(C)C)C[C@H]2CSC(NC(=O)c2ccccc2)=N3)c1. The number of pyridine rings is 1. The molecule has 1 aromatic carbocycles. The molecule has 35 heavy (non-hydrogen) atoms. The highest BCUT2D eigenvalue weighted by Gasteiger charge is 2.53. The first-order valence-corrected chi connectivity index (χ1v) is 12.6. The zero-order valence-corrected chi connectivity index (χ0v) is 21.2. The van der Waals surface area contributed by atoms with Gasteiger partial charge in [0, 0.05) is 36.4 Å². The number of hydrogen-bond donors (Lipinski definition) is 1. The van der Waals surface area contributed by atoms with Gasteiger partial charge in [0.15, 0.2) is 5.17 Å². The van der Waals surface area contributed by atoms with E-state index in [-0.39, 0.29) is 24.2 Å². The van der Waals surface area contributed by atoms with Gasteiger partial charge in [-0.15, -0.1) is 0 Å². The standard InChI is InChI=1S/C26H30N4O4S/c1-17(31)12-18-10-11-27-21(13-18)26-16-30(24(33)34-25(2,3)4)14-20(26)15-35-23(29-26)28-22(32)19-8-6-5-7-9-19/h5-11,13,20H,12,14-16H2,1-4H3,(H,28,29,32)/t20-,26-/m0/s1. The largest absolute Gasteiger partial charge is 0.444 e. The minimum Gasteiger partial charge on any atom is -0.444 e. The third-order valence-corrected chi connectivity index (χ3v) is 6.94. The molecule has 1 fully saturated rings. The second-order valence-electron chi connectivity index (χ2n) is 9.96. The van der Waals surface area contributed by atoms with Crippen LogP contribution in [0, 0.1) is 5.92 Å². The van der Waals surface area contributed by atoms with E-state index in [9.17, 15) is 14.4 Å². The second kappa shape index (κ2) is 9.81. The van der Waals surface area contributed by atoms with Gasteiger partial charge in [-0.3, -0.25) is 14.6 Å². The number of ketones is 1. The molecule has 4 rings (SSSR count). The molecule has 0 spiro atoms. The van der Waals surface area contributed by atoms with Gasteiger partial charge in [-0.05, 0) is 57.5 Å². The van der Waals surface area contributed by atoms with Crippen molar-refractivity contribution in [2.45, 2.75) is 45.3 Å². The molecular weight excluding hydrogens is 464 g/mol. The summed E-state index contributed by atoms with van der Waals surface area (Å²) in [6.07, 6.45) is 1.57. The summed E-state index contributed by atoms with van der Waals surface area (Å²) in [7, 11) is 0. The molecule has 1 saturated heterocycles. The van der Waals surface area contributed by atoms with E-state index >= 15 is 0 Å². The van der Waals surface area contributed by atoms with Gasteiger partial charge >= 0.3 is 6.09 Å². The maximum absolute atomic E-state index is 12.9. The Labute approximate surface area is 209 Å². The van der Waals surface area contributed by atoms with Crippen molar-refractivity contribution in [2.75, 3.05) is 18.8 Å². The van der Waals surface area contributed by atoms with Crippen molar-refractivity contribution in [3.63, 3.8) is 0 Å². The van der Waals surface area contributed by atoms with E-state index < -0.39 is 17.2 Å². The molecule has 0 unspecified atom stereocenters. The lowest BCUT2D eigenvalue weighted by Crippen LogP contribution is -2.43. The maximum atomic E-state index is 12.9. The number of Topliss-reactive ketones (excluding diaryl/α,β-unsaturated/α-hetero) is 1. The number of aliphatic imine (C=N–C) groups is 1. The number of ether oxygens (including phenoxy) is 1. The van der Waals surface area contributed by atoms with Gasteiger partial charge < -0.3 is 15.0 Å². The first-order chi connectivity index (χ1) is 16.6. The van der Waals surface area contributed by atoms with Crippen LogP contribution < -0.4 is 5.32 Å². The molecular formula is C26H30N4O4S. The quantitative estimate of drug-likeness (QED) is 0.694. The molecule has 3 heterocycles. The summed E-state index contributed by atoms with van der Waals surface area (Å²) in [5.41, 5.74) is 0.586. The summed E-state index contributed by atoms with van der Waals surface area (Å²) in [5.74, 6) is 0.422. The van der Waals surface area contributed by atoms with Gasteiger partial charge in [-0.2, -0.15) is 0 Å². The smallest absolute Gasteiger partial charge is 0.410 e. The fraction of sp³-hybridized carbons (Fsp3) is 0.423. The number of thioether (sulfide) groups is 1. The molecule has 0 radical (unpaired) electrons. The average molecular weight is 495 g/mol. The minimum atomic E-state index is -0.853. The Balaban J connectivity index is 1.69. The van der Waals surface area contributed by atoms with Crippen molar-refractivity contribution in [3.8, 4) is 0 Å². The normalized spacial score (nSPS) is 21.7. The second-order valence-corrected chi connectivity index (χ2v) is 11.0. The van der Waals surface area contributed by atoms with Crippen molar-refractivity contribution in [1.29, 1.82) is 0 Å². The predicted molar refractivity (Wildman–Crippen MR) is 135 cm³/mol. The van der Waals surface area contributed by atoms with E-state index in [0.717, 1.165) is 5.56 Å². The fourth-order valence-electron chi connectivity index (χ4n) is 4.36. The van der Waals surface area contributed by atoms with Crippen LogP contribution in [0.4, 0.5) is 4.79 Å². The molecule has 9 heteroatoms. The predicted octanol–water partition coefficient (Wildman–Crippen LogP) is 3.81. The zero-order valence-electron chi connectivity index (χ0n) is 20.4. The Morgan fingerprint density at radius 3 is 2.63 bits per heavy atom. The zero-order chi connectivity index (χ0) is 25.2. The first-order valence-electron chi connectivity index (χ1n) is 11.6. The van der Waals surface area contributed by atoms with Crippen LogP contribution in [-0.2, 0) is 21.5 Å². The van der Waals surface area contributed by atoms with Crippen molar-refractivity contribution in [1.82, 2.24) is 15.2 Å². The Morgan fingerprint density at radius 2 is 1.94 bits per heavy atom. The fourth-order valence-corrected chi connectivity index (χ4v) is 5.49. The molecule has 2 atom stereocenters. The molecule has 2 aliphatic rings. The van der Waals surface area contributed by atoms with Gasteiger partial charge in [-0.1, -0.05) is 30.0 Å². The Morgan fingerprint density at radius 1 is 1.20 bits per heavy atom. The van der Waals surface area contributed by atoms with Crippen LogP contribution in [0.1, 0.15) is 49.3 Å². The van der Waals surface area contributed by atoms with E-state index in [0.29, 0.717) is 35.1 Å². The number of aromatic nitrogens is 1. The van der Waals surface area contributed by atoms with Gasteiger partial charge in [-0.25, -0.2) is 9.79 Å². The van der Waals surface area contributed by atoms with Gasteiger partial charge in [0.25, 0.3) is 5.91 Å². The van der Waals surface area contributed by atoms with Crippen molar-refractivity contribution in [2.24, 2.45) is 10.9 Å². The number of amides is 2. The van der Waals surface area contributed by atoms with Crippen molar-refractivity contribution in [3.05, 3.63) is 65.5 Å². The van der Waals surface area contributed by atoms with Crippen LogP contribution in [0.3, 0.4) is 0 Å². The molecule has 184 valence electrons. The Kier molecular flexibility index (Phi) is 6.98. The number of amidine groups is 1. The summed E-state index contributed by atoms with van der Waals surface area (Å²) < 4.78 is 5.63. The van der Waals surface area contributed by atoms with Crippen LogP contribution in [0.5, 0.6) is 0 Å². The average Bonchev–Trinajstić information content (AvgIpc) is 3.19. The van der Waals surface area contributed by atoms with Crippen LogP contribution in [0.15, 0.2) is 53.7 Å². The number of carbonyl (C=O) groups is 3. The summed E-state index contributed by atoms with van der Waals surface area (Å²) in [6, 6.07) is 12.7. The third kappa shape index (κ3) is 5.73. The lowest BCUT2D eigenvalue weighted by atomic mass is 9.84. The number of likely N-dealkylation sites (tertiary alicyclic amines) is 1. The number of nitrogens with zero attached hydrogens (tertiary/aromatic N) is 3. The molecule has 2 aromatic rings. The topological polar surface area (TPSA) is 101 Å². The highest BCUT2D eigenvalue weighted by atomic mass is 32.2. The highest BCUT2D eigenvalue weighted by molar-refractivity contribution is 8.13. The van der Waals surface area contributed by atoms with E-state index in [1.807, 2.05) is 51.1 Å². The minimum absolute atomic E-state index is 0.0301. The maximum Gasteiger partial charge on any atom is 0.410 e.